The number of hydrogen-bond acceptors (Lipinski definition) is 5. The second-order valence-electron chi connectivity index (χ2n) is 3.79. The maximum absolute atomic E-state index is 10.0. The third-order valence-corrected chi connectivity index (χ3v) is 2.57. The Kier molecular flexibility index (Phi) is 3.25. The first-order chi connectivity index (χ1) is 7.27. The van der Waals surface area contributed by atoms with E-state index in [-0.39, 0.29) is 6.10 Å². The summed E-state index contributed by atoms with van der Waals surface area (Å²) < 4.78 is 5.52. The van der Waals surface area contributed by atoms with Crippen LogP contribution in [0, 0.1) is 0 Å². The average molecular weight is 209 g/mol. The molecule has 2 unspecified atom stereocenters. The zero-order chi connectivity index (χ0) is 10.7. The van der Waals surface area contributed by atoms with Crippen molar-refractivity contribution >= 4 is 0 Å². The molecule has 82 valence electrons. The van der Waals surface area contributed by atoms with Gasteiger partial charge in [0.25, 0.3) is 0 Å². The summed E-state index contributed by atoms with van der Waals surface area (Å²) in [5.74, 6) is 0. The first-order valence-corrected chi connectivity index (χ1v) is 5.00. The molecule has 5 nitrogen and oxygen atoms in total. The normalized spacial score (nSPS) is 25.1. The van der Waals surface area contributed by atoms with Crippen molar-refractivity contribution in [3.63, 3.8) is 0 Å². The van der Waals surface area contributed by atoms with Crippen molar-refractivity contribution in [3.05, 3.63) is 24.3 Å². The number of rotatable bonds is 2. The van der Waals surface area contributed by atoms with Crippen molar-refractivity contribution in [2.24, 2.45) is 0 Å². The summed E-state index contributed by atoms with van der Waals surface area (Å²) >= 11 is 0. The van der Waals surface area contributed by atoms with Gasteiger partial charge < -0.3 is 14.7 Å². The van der Waals surface area contributed by atoms with E-state index in [0.717, 1.165) is 13.1 Å². The summed E-state index contributed by atoms with van der Waals surface area (Å²) in [6.07, 6.45) is 3.86. The minimum atomic E-state index is -0.644. The van der Waals surface area contributed by atoms with Gasteiger partial charge in [0.15, 0.2) is 0 Å². The summed E-state index contributed by atoms with van der Waals surface area (Å²) in [6, 6.07) is 0. The van der Waals surface area contributed by atoms with Gasteiger partial charge in [-0.25, -0.2) is 9.97 Å². The van der Waals surface area contributed by atoms with Crippen LogP contribution >= 0.6 is 0 Å². The summed E-state index contributed by atoms with van der Waals surface area (Å²) in [4.78, 5) is 9.90. The lowest BCUT2D eigenvalue weighted by Gasteiger charge is -2.32. The molecule has 1 fully saturated rings. The van der Waals surface area contributed by atoms with Crippen LogP contribution in [0.2, 0.25) is 0 Å². The highest BCUT2D eigenvalue weighted by molar-refractivity contribution is 5.09. The van der Waals surface area contributed by atoms with Gasteiger partial charge >= 0.3 is 0 Å². The highest BCUT2D eigenvalue weighted by atomic mass is 16.5. The van der Waals surface area contributed by atoms with Gasteiger partial charge in [0.05, 0.1) is 6.61 Å². The number of morpholine rings is 1. The number of aliphatic hydroxyl groups excluding tert-OH is 1. The Morgan fingerprint density at radius 1 is 1.53 bits per heavy atom. The number of hydrogen-bond donors (Lipinski definition) is 1. The van der Waals surface area contributed by atoms with Gasteiger partial charge in [-0.15, -0.1) is 0 Å². The molecule has 1 saturated heterocycles. The lowest BCUT2D eigenvalue weighted by Crippen LogP contribution is -2.43. The molecule has 0 aliphatic carbocycles. The highest BCUT2D eigenvalue weighted by Gasteiger charge is 2.26. The predicted molar refractivity (Wildman–Crippen MR) is 54.2 cm³/mol. The molecule has 15 heavy (non-hydrogen) atoms. The molecule has 0 radical (unpaired) electrons. The van der Waals surface area contributed by atoms with Gasteiger partial charge in [0.1, 0.15) is 18.5 Å². The number of aromatic nitrogens is 2. The highest BCUT2D eigenvalue weighted by Crippen LogP contribution is 2.20. The molecule has 1 aromatic heterocycles. The summed E-state index contributed by atoms with van der Waals surface area (Å²) in [6.45, 7) is 2.30. The van der Waals surface area contributed by atoms with Crippen LogP contribution in [0.5, 0.6) is 0 Å². The molecule has 2 rings (SSSR count). The Hall–Kier alpha value is -1.04. The summed E-state index contributed by atoms with van der Waals surface area (Å²) in [7, 11) is 2.02. The molecule has 0 amide bonds. The van der Waals surface area contributed by atoms with Gasteiger partial charge in [-0.1, -0.05) is 0 Å². The fourth-order valence-electron chi connectivity index (χ4n) is 1.68. The van der Waals surface area contributed by atoms with Crippen molar-refractivity contribution in [2.75, 3.05) is 26.7 Å². The van der Waals surface area contributed by atoms with Crippen molar-refractivity contribution in [3.8, 4) is 0 Å². The van der Waals surface area contributed by atoms with E-state index in [1.807, 2.05) is 7.05 Å². The second kappa shape index (κ2) is 4.65. The van der Waals surface area contributed by atoms with Gasteiger partial charge in [-0.3, -0.25) is 0 Å². The maximum atomic E-state index is 10.0. The van der Waals surface area contributed by atoms with Crippen LogP contribution in [0.15, 0.2) is 18.7 Å². The van der Waals surface area contributed by atoms with Crippen LogP contribution in [0.1, 0.15) is 11.7 Å². The molecule has 0 spiro atoms. The van der Waals surface area contributed by atoms with Crippen LogP contribution in [-0.4, -0.2) is 52.8 Å². The Balaban J connectivity index is 2.04. The zero-order valence-corrected chi connectivity index (χ0v) is 8.71. The van der Waals surface area contributed by atoms with E-state index in [1.54, 1.807) is 12.4 Å². The first-order valence-electron chi connectivity index (χ1n) is 5.00. The van der Waals surface area contributed by atoms with Crippen molar-refractivity contribution in [1.29, 1.82) is 0 Å². The first kappa shape index (κ1) is 10.5. The van der Waals surface area contributed by atoms with E-state index in [9.17, 15) is 5.11 Å². The fraction of sp³-hybridized carbons (Fsp3) is 0.600. The van der Waals surface area contributed by atoms with E-state index < -0.39 is 6.10 Å². The van der Waals surface area contributed by atoms with E-state index in [0.29, 0.717) is 12.2 Å². The number of ether oxygens (including phenoxy) is 1. The van der Waals surface area contributed by atoms with Crippen LogP contribution in [-0.2, 0) is 4.74 Å². The molecule has 1 N–H and O–H groups in total. The lowest BCUT2D eigenvalue weighted by atomic mass is 10.1. The quantitative estimate of drug-likeness (QED) is 0.733. The Bertz CT molecular complexity index is 307. The van der Waals surface area contributed by atoms with Crippen LogP contribution in [0.3, 0.4) is 0 Å². The number of nitrogens with zero attached hydrogens (tertiary/aromatic N) is 3. The average Bonchev–Trinajstić information content (AvgIpc) is 2.29. The van der Waals surface area contributed by atoms with Crippen molar-refractivity contribution < 1.29 is 9.84 Å². The molecular weight excluding hydrogens is 194 g/mol. The Morgan fingerprint density at radius 2 is 2.27 bits per heavy atom. The number of likely N-dealkylation sites (N-methyl/N-ethyl adjacent to an activating group) is 1. The molecule has 5 heteroatoms. The third kappa shape index (κ3) is 2.50. The van der Waals surface area contributed by atoms with Crippen molar-refractivity contribution in [1.82, 2.24) is 14.9 Å². The van der Waals surface area contributed by atoms with E-state index in [1.165, 1.54) is 6.33 Å². The SMILES string of the molecule is CN1CCOC(C(O)c2cncnc2)C1. The van der Waals surface area contributed by atoms with E-state index in [2.05, 4.69) is 14.9 Å². The summed E-state index contributed by atoms with van der Waals surface area (Å²) in [5, 5.41) is 10.0. The van der Waals surface area contributed by atoms with Crippen LogP contribution in [0.25, 0.3) is 0 Å². The molecule has 2 heterocycles. The molecule has 1 aromatic rings. The molecule has 1 aliphatic rings. The largest absolute Gasteiger partial charge is 0.386 e. The fourth-order valence-corrected chi connectivity index (χ4v) is 1.68. The minimum Gasteiger partial charge on any atom is -0.386 e. The summed E-state index contributed by atoms with van der Waals surface area (Å²) in [5.41, 5.74) is 0.706. The van der Waals surface area contributed by atoms with Gasteiger partial charge in [0, 0.05) is 31.0 Å². The van der Waals surface area contributed by atoms with Gasteiger partial charge in [-0.2, -0.15) is 0 Å². The van der Waals surface area contributed by atoms with E-state index >= 15 is 0 Å². The second-order valence-corrected chi connectivity index (χ2v) is 3.79. The van der Waals surface area contributed by atoms with Gasteiger partial charge in [0.2, 0.25) is 0 Å². The molecule has 0 saturated carbocycles. The molecule has 1 aliphatic heterocycles. The third-order valence-electron chi connectivity index (χ3n) is 2.57. The van der Waals surface area contributed by atoms with Gasteiger partial charge in [-0.05, 0) is 7.05 Å². The van der Waals surface area contributed by atoms with E-state index in [4.69, 9.17) is 4.74 Å². The Labute approximate surface area is 88.7 Å². The minimum absolute atomic E-state index is 0.185. The number of aliphatic hydroxyl groups is 1. The molecule has 2 atom stereocenters. The maximum Gasteiger partial charge on any atom is 0.115 e. The molecule has 0 bridgehead atoms. The zero-order valence-electron chi connectivity index (χ0n) is 8.71. The standard InChI is InChI=1S/C10H15N3O2/c1-13-2-3-15-9(6-13)10(14)8-4-11-7-12-5-8/h4-5,7,9-10,14H,2-3,6H2,1H3. The van der Waals surface area contributed by atoms with Crippen LogP contribution in [0.4, 0.5) is 0 Å². The predicted octanol–water partition coefficient (Wildman–Crippen LogP) is -0.159. The molecule has 0 aromatic carbocycles. The Morgan fingerprint density at radius 3 is 2.93 bits per heavy atom. The smallest absolute Gasteiger partial charge is 0.115 e. The topological polar surface area (TPSA) is 58.5 Å². The monoisotopic (exact) mass is 209 g/mol. The van der Waals surface area contributed by atoms with Crippen molar-refractivity contribution in [2.45, 2.75) is 12.2 Å². The molecular formula is C10H15N3O2. The van der Waals surface area contributed by atoms with Crippen LogP contribution < -0.4 is 0 Å². The lowest BCUT2D eigenvalue weighted by molar-refractivity contribution is -0.0846.